The van der Waals surface area contributed by atoms with Crippen molar-refractivity contribution in [3.8, 4) is 12.1 Å². The second-order valence-electron chi connectivity index (χ2n) is 7.44. The van der Waals surface area contributed by atoms with Crippen LogP contribution in [0.4, 0.5) is 0 Å². The third-order valence-corrected chi connectivity index (χ3v) is 5.83. The number of methoxy groups -OCH3 is 1. The van der Waals surface area contributed by atoms with Gasteiger partial charge in [-0.15, -0.1) is 0 Å². The summed E-state index contributed by atoms with van der Waals surface area (Å²) in [6.45, 7) is 1.96. The van der Waals surface area contributed by atoms with Crippen LogP contribution in [-0.2, 0) is 14.3 Å². The van der Waals surface area contributed by atoms with Crippen molar-refractivity contribution in [3.05, 3.63) is 36.0 Å². The molecule has 0 unspecified atom stereocenters. The van der Waals surface area contributed by atoms with Gasteiger partial charge in [0.2, 0.25) is 0 Å². The number of carbonyl (C=O) groups is 2. The summed E-state index contributed by atoms with van der Waals surface area (Å²) in [5, 5.41) is 18.9. The molecule has 0 heterocycles. The molecule has 5 nitrogen and oxygen atoms in total. The summed E-state index contributed by atoms with van der Waals surface area (Å²) in [6, 6.07) is 4.34. The number of nitrogens with zero attached hydrogens (tertiary/aromatic N) is 2. The van der Waals surface area contributed by atoms with Crippen LogP contribution < -0.4 is 0 Å². The Labute approximate surface area is 161 Å². The lowest BCUT2D eigenvalue weighted by Crippen LogP contribution is -2.41. The quantitative estimate of drug-likeness (QED) is 0.394. The molecule has 142 valence electrons. The van der Waals surface area contributed by atoms with Crippen molar-refractivity contribution < 1.29 is 14.3 Å². The Morgan fingerprint density at radius 1 is 1.22 bits per heavy atom. The minimum absolute atomic E-state index is 0.0425. The molecule has 0 aliphatic heterocycles. The Hall–Kier alpha value is -2.66. The first-order chi connectivity index (χ1) is 12.9. The van der Waals surface area contributed by atoms with Gasteiger partial charge in [-0.25, -0.2) is 0 Å². The monoisotopic (exact) mass is 366 g/mol. The second-order valence-corrected chi connectivity index (χ2v) is 7.44. The molecule has 2 aliphatic carbocycles. The third kappa shape index (κ3) is 4.19. The number of ketones is 1. The molecule has 0 saturated heterocycles. The molecule has 2 rings (SSSR count). The molecule has 0 spiro atoms. The lowest BCUT2D eigenvalue weighted by Gasteiger charge is -2.29. The number of esters is 1. The summed E-state index contributed by atoms with van der Waals surface area (Å²) in [5.41, 5.74) is -1.07. The van der Waals surface area contributed by atoms with Gasteiger partial charge in [0.05, 0.1) is 19.2 Å². The van der Waals surface area contributed by atoms with Crippen LogP contribution in [0.25, 0.3) is 0 Å². The van der Waals surface area contributed by atoms with Crippen LogP contribution in [0.3, 0.4) is 0 Å². The van der Waals surface area contributed by atoms with Crippen molar-refractivity contribution in [1.82, 2.24) is 0 Å². The summed E-state index contributed by atoms with van der Waals surface area (Å²) in [4.78, 5) is 25.2. The minimum Gasteiger partial charge on any atom is -0.468 e. The van der Waals surface area contributed by atoms with Crippen molar-refractivity contribution in [3.63, 3.8) is 0 Å². The number of nitriles is 2. The smallest absolute Gasteiger partial charge is 0.319 e. The third-order valence-electron chi connectivity index (χ3n) is 5.83. The second kappa shape index (κ2) is 8.82. The van der Waals surface area contributed by atoms with E-state index in [0.29, 0.717) is 44.9 Å². The van der Waals surface area contributed by atoms with Gasteiger partial charge >= 0.3 is 5.97 Å². The molecule has 2 atom stereocenters. The normalized spacial score (nSPS) is 32.5. The van der Waals surface area contributed by atoms with Crippen molar-refractivity contribution in [2.45, 2.75) is 51.9 Å². The summed E-state index contributed by atoms with van der Waals surface area (Å²) in [7, 11) is 1.33. The van der Waals surface area contributed by atoms with Crippen LogP contribution in [0.1, 0.15) is 51.9 Å². The van der Waals surface area contributed by atoms with E-state index in [1.54, 1.807) is 6.08 Å². The van der Waals surface area contributed by atoms with Crippen LogP contribution in [0.2, 0.25) is 0 Å². The highest BCUT2D eigenvalue weighted by molar-refractivity contribution is 6.06. The van der Waals surface area contributed by atoms with E-state index in [0.717, 1.165) is 5.57 Å². The van der Waals surface area contributed by atoms with Crippen LogP contribution >= 0.6 is 0 Å². The van der Waals surface area contributed by atoms with E-state index in [4.69, 9.17) is 4.74 Å². The van der Waals surface area contributed by atoms with Gasteiger partial charge < -0.3 is 4.74 Å². The maximum atomic E-state index is 12.7. The zero-order chi connectivity index (χ0) is 19.9. The fourth-order valence-corrected chi connectivity index (χ4v) is 4.03. The first kappa shape index (κ1) is 20.6. The zero-order valence-corrected chi connectivity index (χ0v) is 16.0. The summed E-state index contributed by atoms with van der Waals surface area (Å²) >= 11 is 0. The number of carbonyl (C=O) groups excluding carboxylic acids is 2. The van der Waals surface area contributed by atoms with Gasteiger partial charge in [-0.1, -0.05) is 36.0 Å². The fourth-order valence-electron chi connectivity index (χ4n) is 4.03. The highest BCUT2D eigenvalue weighted by Crippen LogP contribution is 2.46. The maximum Gasteiger partial charge on any atom is 0.319 e. The van der Waals surface area contributed by atoms with Gasteiger partial charge in [0.25, 0.3) is 0 Å². The standard InChI is InChI=1S/C22H26N2O3/c1-17-7-6-13-22(20(26)27-2)18(9-10-19(22)25)8-4-3-5-12-21(15-23,16-24)14-11-17/h3-5,7-8,18H,6,9-14H2,1-2H3/b5-3-,8-4+,17-7-/t18-,22-/m1/s1. The maximum absolute atomic E-state index is 12.7. The molecular formula is C22H26N2O3. The molecule has 2 aliphatic rings. The highest BCUT2D eigenvalue weighted by atomic mass is 16.5. The predicted octanol–water partition coefficient (Wildman–Crippen LogP) is 4.18. The minimum atomic E-state index is -1.11. The van der Waals surface area contributed by atoms with E-state index in [-0.39, 0.29) is 11.7 Å². The van der Waals surface area contributed by atoms with Gasteiger partial charge in [-0.3, -0.25) is 9.59 Å². The molecule has 0 N–H and O–H groups in total. The first-order valence-electron chi connectivity index (χ1n) is 9.37. The van der Waals surface area contributed by atoms with Gasteiger partial charge in [0.1, 0.15) is 10.8 Å². The summed E-state index contributed by atoms with van der Waals surface area (Å²) in [6.07, 6.45) is 12.8. The largest absolute Gasteiger partial charge is 0.468 e. The first-order valence-corrected chi connectivity index (χ1v) is 9.37. The van der Waals surface area contributed by atoms with Crippen molar-refractivity contribution in [1.29, 1.82) is 10.5 Å². The number of rotatable bonds is 1. The van der Waals surface area contributed by atoms with Gasteiger partial charge in [0.15, 0.2) is 5.78 Å². The number of ether oxygens (including phenoxy) is 1. The van der Waals surface area contributed by atoms with Crippen LogP contribution in [0, 0.1) is 39.4 Å². The number of hydrogen-bond donors (Lipinski definition) is 0. The Morgan fingerprint density at radius 2 is 1.96 bits per heavy atom. The molecule has 0 amide bonds. The van der Waals surface area contributed by atoms with Crippen molar-refractivity contribution in [2.24, 2.45) is 16.7 Å². The van der Waals surface area contributed by atoms with E-state index in [2.05, 4.69) is 12.1 Å². The molecule has 0 radical (unpaired) electrons. The van der Waals surface area contributed by atoms with E-state index in [1.807, 2.05) is 31.2 Å². The lowest BCUT2D eigenvalue weighted by molar-refractivity contribution is -0.158. The van der Waals surface area contributed by atoms with Crippen LogP contribution in [0.5, 0.6) is 0 Å². The van der Waals surface area contributed by atoms with E-state index in [9.17, 15) is 20.1 Å². The molecular weight excluding hydrogens is 340 g/mol. The van der Waals surface area contributed by atoms with Gasteiger partial charge in [-0.05, 0) is 45.4 Å². The molecule has 0 aromatic carbocycles. The average molecular weight is 366 g/mol. The van der Waals surface area contributed by atoms with Crippen LogP contribution in [-0.4, -0.2) is 18.9 Å². The van der Waals surface area contributed by atoms with Crippen molar-refractivity contribution in [2.75, 3.05) is 7.11 Å². The van der Waals surface area contributed by atoms with E-state index < -0.39 is 16.8 Å². The Bertz CT molecular complexity index is 749. The summed E-state index contributed by atoms with van der Waals surface area (Å²) in [5.74, 6) is -0.690. The predicted molar refractivity (Wildman–Crippen MR) is 101 cm³/mol. The summed E-state index contributed by atoms with van der Waals surface area (Å²) < 4.78 is 5.01. The average Bonchev–Trinajstić information content (AvgIpc) is 3.00. The molecule has 0 aromatic heterocycles. The number of allylic oxidation sites excluding steroid dienone is 6. The SMILES string of the molecule is COC(=O)[C@]12CC/C=C(/C)CCC(C#N)(C#N)C/C=C\C=C\[C@@H]1CCC2=O. The number of fused-ring (bicyclic) bond motifs is 1. The lowest BCUT2D eigenvalue weighted by atomic mass is 9.73. The highest BCUT2D eigenvalue weighted by Gasteiger charge is 2.54. The molecule has 0 aromatic rings. The van der Waals surface area contributed by atoms with Crippen molar-refractivity contribution >= 4 is 11.8 Å². The molecule has 0 bridgehead atoms. The van der Waals surface area contributed by atoms with Gasteiger partial charge in [0, 0.05) is 12.3 Å². The van der Waals surface area contributed by atoms with E-state index >= 15 is 0 Å². The number of hydrogen-bond acceptors (Lipinski definition) is 5. The Balaban J connectivity index is 2.39. The molecule has 1 saturated carbocycles. The number of Topliss-reactive ketones (excluding diaryl/α,β-unsaturated/α-hetero) is 1. The van der Waals surface area contributed by atoms with E-state index in [1.165, 1.54) is 7.11 Å². The van der Waals surface area contributed by atoms with Gasteiger partial charge in [-0.2, -0.15) is 10.5 Å². The van der Waals surface area contributed by atoms with Crippen LogP contribution in [0.15, 0.2) is 36.0 Å². The topological polar surface area (TPSA) is 90.9 Å². The molecule has 1 fully saturated rings. The molecule has 5 heteroatoms. The fraction of sp³-hybridized carbons (Fsp3) is 0.545. The molecule has 27 heavy (non-hydrogen) atoms. The Kier molecular flexibility index (Phi) is 6.75. The zero-order valence-electron chi connectivity index (χ0n) is 16.0. The Morgan fingerprint density at radius 3 is 2.63 bits per heavy atom.